The predicted octanol–water partition coefficient (Wildman–Crippen LogP) is 2.10. The molecule has 0 bridgehead atoms. The van der Waals surface area contributed by atoms with Crippen LogP contribution in [0.25, 0.3) is 0 Å². The average molecular weight is 222 g/mol. The number of rotatable bonds is 4. The fourth-order valence-electron chi connectivity index (χ4n) is 1.21. The van der Waals surface area contributed by atoms with Crippen molar-refractivity contribution in [3.05, 3.63) is 30.1 Å². The van der Waals surface area contributed by atoms with Crippen molar-refractivity contribution in [2.45, 2.75) is 26.4 Å². The molecule has 0 N–H and O–H groups in total. The van der Waals surface area contributed by atoms with Crippen LogP contribution in [0.5, 0.6) is 0 Å². The van der Waals surface area contributed by atoms with Gasteiger partial charge in [-0.25, -0.2) is 4.79 Å². The quantitative estimate of drug-likeness (QED) is 0.783. The molecule has 1 rings (SSSR count). The minimum absolute atomic E-state index is 0.0789. The van der Waals surface area contributed by atoms with Gasteiger partial charge in [0.2, 0.25) is 0 Å². The Morgan fingerprint density at radius 1 is 1.50 bits per heavy atom. The van der Waals surface area contributed by atoms with E-state index in [2.05, 4.69) is 4.98 Å². The number of hydrogen-bond donors (Lipinski definition) is 0. The Hall–Kier alpha value is -1.58. The Bertz CT molecular complexity index is 325. The molecule has 0 unspecified atom stereocenters. The summed E-state index contributed by atoms with van der Waals surface area (Å²) in [6.07, 6.45) is 2.13. The third kappa shape index (κ3) is 4.29. The van der Waals surface area contributed by atoms with Gasteiger partial charge in [0.25, 0.3) is 0 Å². The van der Waals surface area contributed by atoms with E-state index in [0.29, 0.717) is 6.54 Å². The summed E-state index contributed by atoms with van der Waals surface area (Å²) in [4.78, 5) is 17.2. The van der Waals surface area contributed by atoms with Crippen molar-refractivity contribution in [3.63, 3.8) is 0 Å². The molecule has 4 heteroatoms. The highest BCUT2D eigenvalue weighted by molar-refractivity contribution is 5.67. The van der Waals surface area contributed by atoms with Crippen molar-refractivity contribution >= 4 is 6.09 Å². The maximum Gasteiger partial charge on any atom is 0.409 e. The first-order valence-corrected chi connectivity index (χ1v) is 5.41. The molecule has 0 spiro atoms. The van der Waals surface area contributed by atoms with Crippen LogP contribution in [0.2, 0.25) is 0 Å². The summed E-state index contributed by atoms with van der Waals surface area (Å²) in [6.45, 7) is 4.29. The van der Waals surface area contributed by atoms with Crippen LogP contribution in [0.1, 0.15) is 19.5 Å². The number of amides is 1. The Morgan fingerprint density at radius 3 is 2.81 bits per heavy atom. The van der Waals surface area contributed by atoms with Gasteiger partial charge >= 0.3 is 6.09 Å². The van der Waals surface area contributed by atoms with Crippen molar-refractivity contribution in [2.75, 3.05) is 13.6 Å². The molecule has 0 saturated heterocycles. The van der Waals surface area contributed by atoms with Crippen molar-refractivity contribution in [1.29, 1.82) is 0 Å². The minimum Gasteiger partial charge on any atom is -0.447 e. The van der Waals surface area contributed by atoms with Crippen LogP contribution in [0.4, 0.5) is 4.79 Å². The fourth-order valence-corrected chi connectivity index (χ4v) is 1.21. The highest BCUT2D eigenvalue weighted by atomic mass is 16.6. The van der Waals surface area contributed by atoms with E-state index in [9.17, 15) is 4.79 Å². The molecule has 4 nitrogen and oxygen atoms in total. The third-order valence-electron chi connectivity index (χ3n) is 2.08. The van der Waals surface area contributed by atoms with Crippen LogP contribution in [0.3, 0.4) is 0 Å². The summed E-state index contributed by atoms with van der Waals surface area (Å²) >= 11 is 0. The number of nitrogens with zero attached hydrogens (tertiary/aromatic N) is 2. The largest absolute Gasteiger partial charge is 0.447 e. The normalized spacial score (nSPS) is 10.2. The number of aromatic nitrogens is 1. The molecule has 0 aliphatic rings. The molecule has 16 heavy (non-hydrogen) atoms. The number of ether oxygens (including phenoxy) is 1. The molecule has 0 saturated carbocycles. The number of carbonyl (C=O) groups excluding carboxylic acids is 1. The first kappa shape index (κ1) is 12.5. The zero-order valence-electron chi connectivity index (χ0n) is 10.0. The van der Waals surface area contributed by atoms with Gasteiger partial charge in [0.05, 0.1) is 6.10 Å². The molecule has 0 atom stereocenters. The first-order valence-electron chi connectivity index (χ1n) is 5.41. The predicted molar refractivity (Wildman–Crippen MR) is 62.2 cm³/mol. The molecule has 88 valence electrons. The molecule has 1 amide bonds. The van der Waals surface area contributed by atoms with Gasteiger partial charge in [-0.2, -0.15) is 0 Å². The SMILES string of the molecule is CC(C)OC(=O)N(C)CCc1ccccn1. The van der Waals surface area contributed by atoms with E-state index in [1.54, 1.807) is 18.1 Å². The molecule has 1 heterocycles. The van der Waals surface area contributed by atoms with Crippen LogP contribution < -0.4 is 0 Å². The second kappa shape index (κ2) is 6.10. The highest BCUT2D eigenvalue weighted by Gasteiger charge is 2.11. The average Bonchev–Trinajstić information content (AvgIpc) is 2.26. The Kier molecular flexibility index (Phi) is 4.76. The van der Waals surface area contributed by atoms with E-state index in [0.717, 1.165) is 12.1 Å². The number of likely N-dealkylation sites (N-methyl/N-ethyl adjacent to an activating group) is 1. The van der Waals surface area contributed by atoms with Crippen molar-refractivity contribution in [1.82, 2.24) is 9.88 Å². The third-order valence-corrected chi connectivity index (χ3v) is 2.08. The van der Waals surface area contributed by atoms with Crippen molar-refractivity contribution in [2.24, 2.45) is 0 Å². The lowest BCUT2D eigenvalue weighted by Crippen LogP contribution is -2.31. The Labute approximate surface area is 96.2 Å². The van der Waals surface area contributed by atoms with E-state index < -0.39 is 0 Å². The molecule has 1 aromatic rings. The summed E-state index contributed by atoms with van der Waals surface area (Å²) in [6, 6.07) is 5.76. The van der Waals surface area contributed by atoms with Crippen LogP contribution in [-0.4, -0.2) is 35.7 Å². The second-order valence-electron chi connectivity index (χ2n) is 3.93. The van der Waals surface area contributed by atoms with Gasteiger partial charge in [-0.05, 0) is 26.0 Å². The number of carbonyl (C=O) groups is 1. The molecule has 0 radical (unpaired) electrons. The highest BCUT2D eigenvalue weighted by Crippen LogP contribution is 1.99. The Morgan fingerprint density at radius 2 is 2.25 bits per heavy atom. The van der Waals surface area contributed by atoms with E-state index in [4.69, 9.17) is 4.74 Å². The summed E-state index contributed by atoms with van der Waals surface area (Å²) in [7, 11) is 1.73. The summed E-state index contributed by atoms with van der Waals surface area (Å²) < 4.78 is 5.07. The maximum atomic E-state index is 11.5. The van der Waals surface area contributed by atoms with E-state index in [1.807, 2.05) is 32.0 Å². The number of hydrogen-bond acceptors (Lipinski definition) is 3. The number of pyridine rings is 1. The fraction of sp³-hybridized carbons (Fsp3) is 0.500. The van der Waals surface area contributed by atoms with Crippen LogP contribution in [0.15, 0.2) is 24.4 Å². The summed E-state index contributed by atoms with van der Waals surface area (Å²) in [5.74, 6) is 0. The molecule has 0 fully saturated rings. The molecule has 0 aliphatic carbocycles. The zero-order chi connectivity index (χ0) is 12.0. The molecule has 0 aromatic carbocycles. The lowest BCUT2D eigenvalue weighted by atomic mass is 10.2. The lowest BCUT2D eigenvalue weighted by Gasteiger charge is -2.18. The summed E-state index contributed by atoms with van der Waals surface area (Å²) in [5, 5.41) is 0. The molecule has 0 aliphatic heterocycles. The first-order chi connectivity index (χ1) is 7.59. The van der Waals surface area contributed by atoms with Crippen LogP contribution >= 0.6 is 0 Å². The zero-order valence-corrected chi connectivity index (χ0v) is 10.0. The Balaban J connectivity index is 2.35. The van der Waals surface area contributed by atoms with E-state index >= 15 is 0 Å². The molecule has 1 aromatic heterocycles. The van der Waals surface area contributed by atoms with Gasteiger partial charge in [-0.3, -0.25) is 4.98 Å². The summed E-state index contributed by atoms with van der Waals surface area (Å²) in [5.41, 5.74) is 0.978. The molecular weight excluding hydrogens is 204 g/mol. The lowest BCUT2D eigenvalue weighted by molar-refractivity contribution is 0.0843. The minimum atomic E-state index is -0.286. The van der Waals surface area contributed by atoms with Gasteiger partial charge in [0.15, 0.2) is 0 Å². The van der Waals surface area contributed by atoms with Gasteiger partial charge in [-0.15, -0.1) is 0 Å². The van der Waals surface area contributed by atoms with Crippen molar-refractivity contribution in [3.8, 4) is 0 Å². The van der Waals surface area contributed by atoms with Crippen LogP contribution in [-0.2, 0) is 11.2 Å². The van der Waals surface area contributed by atoms with E-state index in [1.165, 1.54) is 0 Å². The van der Waals surface area contributed by atoms with Crippen LogP contribution in [0, 0.1) is 0 Å². The smallest absolute Gasteiger partial charge is 0.409 e. The van der Waals surface area contributed by atoms with E-state index in [-0.39, 0.29) is 12.2 Å². The second-order valence-corrected chi connectivity index (χ2v) is 3.93. The van der Waals surface area contributed by atoms with Gasteiger partial charge in [0.1, 0.15) is 0 Å². The van der Waals surface area contributed by atoms with Gasteiger partial charge in [0, 0.05) is 31.9 Å². The topological polar surface area (TPSA) is 42.4 Å². The van der Waals surface area contributed by atoms with Crippen molar-refractivity contribution < 1.29 is 9.53 Å². The monoisotopic (exact) mass is 222 g/mol. The standard InChI is InChI=1S/C12H18N2O2/c1-10(2)16-12(15)14(3)9-7-11-6-4-5-8-13-11/h4-6,8,10H,7,9H2,1-3H3. The van der Waals surface area contributed by atoms with Gasteiger partial charge < -0.3 is 9.64 Å². The van der Waals surface area contributed by atoms with Gasteiger partial charge in [-0.1, -0.05) is 6.07 Å². The molecular formula is C12H18N2O2. The maximum absolute atomic E-state index is 11.5.